The molecule has 0 unspecified atom stereocenters. The Morgan fingerprint density at radius 2 is 1.62 bits per heavy atom. The lowest BCUT2D eigenvalue weighted by molar-refractivity contribution is 1.10. The second kappa shape index (κ2) is 5.62. The molecule has 1 N–H and O–H groups in total. The van der Waals surface area contributed by atoms with Crippen molar-refractivity contribution in [3.63, 3.8) is 0 Å². The van der Waals surface area contributed by atoms with Gasteiger partial charge < -0.3 is 0 Å². The van der Waals surface area contributed by atoms with Gasteiger partial charge in [0.2, 0.25) is 0 Å². The Bertz CT molecular complexity index is 319. The first-order valence-electron chi connectivity index (χ1n) is 3.51. The Labute approximate surface area is 89.2 Å². The van der Waals surface area contributed by atoms with Crippen molar-refractivity contribution in [1.82, 2.24) is 10.2 Å². The van der Waals surface area contributed by atoms with E-state index in [0.717, 1.165) is 5.69 Å². The average molecular weight is 217 g/mol. The average Bonchev–Trinajstić information content (AvgIpc) is 2.58. The van der Waals surface area contributed by atoms with Crippen molar-refractivity contribution in [2.75, 3.05) is 0 Å². The Balaban J connectivity index is 0.000000720. The zero-order valence-electron chi connectivity index (χ0n) is 6.81. The van der Waals surface area contributed by atoms with E-state index in [1.807, 2.05) is 36.4 Å². The molecule has 4 heteroatoms. The number of nitrogens with zero attached hydrogens (tertiary/aromatic N) is 1. The normalized spacial score (nSPS) is 8.31. The zero-order chi connectivity index (χ0) is 7.52. The highest BCUT2D eigenvalue weighted by Gasteiger charge is 1.94. The van der Waals surface area contributed by atoms with Gasteiger partial charge in [-0.3, -0.25) is 5.10 Å². The summed E-state index contributed by atoms with van der Waals surface area (Å²) >= 11 is 0. The van der Waals surface area contributed by atoms with Crippen molar-refractivity contribution < 1.29 is 0 Å². The summed E-state index contributed by atoms with van der Waals surface area (Å²) in [6.45, 7) is 0. The van der Waals surface area contributed by atoms with Crippen molar-refractivity contribution in [2.24, 2.45) is 0 Å². The van der Waals surface area contributed by atoms with E-state index in [1.54, 1.807) is 6.20 Å². The molecule has 0 saturated carbocycles. The van der Waals surface area contributed by atoms with Gasteiger partial charge in [-0.2, -0.15) is 5.10 Å². The van der Waals surface area contributed by atoms with Crippen molar-refractivity contribution >= 4 is 24.8 Å². The predicted molar refractivity (Wildman–Crippen MR) is 58.5 cm³/mol. The summed E-state index contributed by atoms with van der Waals surface area (Å²) in [4.78, 5) is 0. The molecular formula is C9H10Cl2N2. The van der Waals surface area contributed by atoms with Crippen LogP contribution in [-0.2, 0) is 0 Å². The number of rotatable bonds is 1. The molecular weight excluding hydrogens is 207 g/mol. The lowest BCUT2D eigenvalue weighted by atomic mass is 10.2. The summed E-state index contributed by atoms with van der Waals surface area (Å²) in [6.07, 6.45) is 1.75. The maximum absolute atomic E-state index is 3.87. The number of benzene rings is 1. The molecule has 2 rings (SSSR count). The van der Waals surface area contributed by atoms with E-state index in [4.69, 9.17) is 0 Å². The van der Waals surface area contributed by atoms with Crippen LogP contribution in [-0.4, -0.2) is 10.2 Å². The fourth-order valence-corrected chi connectivity index (χ4v) is 1.03. The molecule has 0 amide bonds. The Morgan fingerprint density at radius 1 is 0.923 bits per heavy atom. The van der Waals surface area contributed by atoms with Gasteiger partial charge >= 0.3 is 0 Å². The molecule has 13 heavy (non-hydrogen) atoms. The van der Waals surface area contributed by atoms with Crippen molar-refractivity contribution in [1.29, 1.82) is 0 Å². The molecule has 2 nitrogen and oxygen atoms in total. The molecule has 0 radical (unpaired) electrons. The Morgan fingerprint density at radius 3 is 2.15 bits per heavy atom. The molecule has 1 heterocycles. The summed E-state index contributed by atoms with van der Waals surface area (Å²) in [7, 11) is 0. The van der Waals surface area contributed by atoms with Crippen LogP contribution < -0.4 is 0 Å². The second-order valence-electron chi connectivity index (χ2n) is 2.34. The van der Waals surface area contributed by atoms with E-state index >= 15 is 0 Å². The fraction of sp³-hybridized carbons (Fsp3) is 0. The molecule has 0 aliphatic heterocycles. The van der Waals surface area contributed by atoms with Gasteiger partial charge in [0.1, 0.15) is 0 Å². The summed E-state index contributed by atoms with van der Waals surface area (Å²) in [6, 6.07) is 12.1. The standard InChI is InChI=1S/C9H8N2.2ClH/c1-2-4-8(5-3-1)9-6-7-10-11-9;;/h1-7H,(H,10,11);2*1H. The van der Waals surface area contributed by atoms with Crippen LogP contribution in [0, 0.1) is 0 Å². The van der Waals surface area contributed by atoms with Gasteiger partial charge in [-0.1, -0.05) is 30.3 Å². The largest absolute Gasteiger partial charge is 0.278 e. The van der Waals surface area contributed by atoms with Crippen LogP contribution in [0.1, 0.15) is 0 Å². The highest BCUT2D eigenvalue weighted by Crippen LogP contribution is 2.13. The van der Waals surface area contributed by atoms with E-state index in [9.17, 15) is 0 Å². The quantitative estimate of drug-likeness (QED) is 0.781. The maximum Gasteiger partial charge on any atom is 0.0650 e. The topological polar surface area (TPSA) is 28.7 Å². The first kappa shape index (κ1) is 12.0. The minimum Gasteiger partial charge on any atom is -0.278 e. The molecule has 2 aromatic rings. The van der Waals surface area contributed by atoms with E-state index in [2.05, 4.69) is 10.2 Å². The van der Waals surface area contributed by atoms with Gasteiger partial charge in [-0.15, -0.1) is 24.8 Å². The molecule has 70 valence electrons. The van der Waals surface area contributed by atoms with Crippen LogP contribution in [0.25, 0.3) is 11.3 Å². The van der Waals surface area contributed by atoms with Gasteiger partial charge in [-0.05, 0) is 11.6 Å². The molecule has 0 saturated heterocycles. The Kier molecular flexibility index (Phi) is 5.19. The van der Waals surface area contributed by atoms with Gasteiger partial charge in [-0.25, -0.2) is 0 Å². The van der Waals surface area contributed by atoms with Crippen LogP contribution in [0.15, 0.2) is 42.6 Å². The van der Waals surface area contributed by atoms with Crippen LogP contribution in [0.4, 0.5) is 0 Å². The molecule has 0 aliphatic carbocycles. The summed E-state index contributed by atoms with van der Waals surface area (Å²) < 4.78 is 0. The van der Waals surface area contributed by atoms with E-state index in [-0.39, 0.29) is 24.8 Å². The van der Waals surface area contributed by atoms with Gasteiger partial charge in [0, 0.05) is 6.20 Å². The fourth-order valence-electron chi connectivity index (χ4n) is 1.03. The summed E-state index contributed by atoms with van der Waals surface area (Å²) in [5.41, 5.74) is 2.23. The van der Waals surface area contributed by atoms with E-state index in [0.29, 0.717) is 0 Å². The highest BCUT2D eigenvalue weighted by atomic mass is 35.5. The molecule has 0 bridgehead atoms. The van der Waals surface area contributed by atoms with Crippen LogP contribution in [0.5, 0.6) is 0 Å². The molecule has 1 aromatic heterocycles. The number of aromatic amines is 1. The van der Waals surface area contributed by atoms with Gasteiger partial charge in [0.05, 0.1) is 5.69 Å². The van der Waals surface area contributed by atoms with Crippen molar-refractivity contribution in [3.05, 3.63) is 42.6 Å². The summed E-state index contributed by atoms with van der Waals surface area (Å²) in [5.74, 6) is 0. The molecule has 0 spiro atoms. The van der Waals surface area contributed by atoms with E-state index < -0.39 is 0 Å². The Hall–Kier alpha value is -0.990. The van der Waals surface area contributed by atoms with Crippen molar-refractivity contribution in [2.45, 2.75) is 0 Å². The molecule has 0 aliphatic rings. The molecule has 1 aromatic carbocycles. The van der Waals surface area contributed by atoms with Gasteiger partial charge in [0.15, 0.2) is 0 Å². The van der Waals surface area contributed by atoms with Crippen LogP contribution >= 0.6 is 24.8 Å². The third-order valence-electron chi connectivity index (χ3n) is 1.59. The predicted octanol–water partition coefficient (Wildman–Crippen LogP) is 2.92. The van der Waals surface area contributed by atoms with Crippen molar-refractivity contribution in [3.8, 4) is 11.3 Å². The lowest BCUT2D eigenvalue weighted by Gasteiger charge is -1.93. The number of hydrogen-bond donors (Lipinski definition) is 1. The first-order valence-corrected chi connectivity index (χ1v) is 3.51. The summed E-state index contributed by atoms with van der Waals surface area (Å²) in [5, 5.41) is 6.78. The molecule has 0 fully saturated rings. The second-order valence-corrected chi connectivity index (χ2v) is 2.34. The number of hydrogen-bond acceptors (Lipinski definition) is 1. The van der Waals surface area contributed by atoms with Crippen LogP contribution in [0.3, 0.4) is 0 Å². The minimum atomic E-state index is 0. The lowest BCUT2D eigenvalue weighted by Crippen LogP contribution is -1.75. The monoisotopic (exact) mass is 216 g/mol. The number of nitrogens with one attached hydrogen (secondary N) is 1. The van der Waals surface area contributed by atoms with Crippen LogP contribution in [0.2, 0.25) is 0 Å². The minimum absolute atomic E-state index is 0. The zero-order valence-corrected chi connectivity index (χ0v) is 8.44. The highest BCUT2D eigenvalue weighted by molar-refractivity contribution is 5.85. The maximum atomic E-state index is 3.87. The smallest absolute Gasteiger partial charge is 0.0650 e. The first-order chi connectivity index (χ1) is 5.47. The third-order valence-corrected chi connectivity index (χ3v) is 1.59. The van der Waals surface area contributed by atoms with E-state index in [1.165, 1.54) is 5.56 Å². The molecule has 0 atom stereocenters. The number of H-pyrrole nitrogens is 1. The number of halogens is 2. The SMILES string of the molecule is Cl.Cl.c1ccc(-c2ccn[nH]2)cc1. The number of aromatic nitrogens is 2. The third kappa shape index (κ3) is 2.76. The van der Waals surface area contributed by atoms with Gasteiger partial charge in [0.25, 0.3) is 0 Å².